The molecule has 0 aromatic carbocycles. The number of nitrogen functional groups attached to an aromatic ring is 1. The molecule has 1 aliphatic heterocycles. The lowest BCUT2D eigenvalue weighted by molar-refractivity contribution is 0.157. The topological polar surface area (TPSA) is 60.0 Å². The van der Waals surface area contributed by atoms with Crippen LogP contribution in [0.15, 0.2) is 30.9 Å². The zero-order valence-corrected chi connectivity index (χ0v) is 12.0. The molecule has 2 aromatic rings. The summed E-state index contributed by atoms with van der Waals surface area (Å²) in [4.78, 5) is 10.8. The Bertz CT molecular complexity index is 591. The van der Waals surface area contributed by atoms with Crippen LogP contribution in [0, 0.1) is 0 Å². The average Bonchev–Trinajstić information content (AvgIpc) is 2.91. The number of pyridine rings is 1. The van der Waals surface area contributed by atoms with Crippen LogP contribution in [-0.4, -0.2) is 39.1 Å². The molecule has 1 saturated heterocycles. The van der Waals surface area contributed by atoms with Gasteiger partial charge >= 0.3 is 0 Å². The van der Waals surface area contributed by atoms with Crippen LogP contribution in [0.5, 0.6) is 0 Å². The lowest BCUT2D eigenvalue weighted by Crippen LogP contribution is -2.38. The van der Waals surface area contributed by atoms with Gasteiger partial charge in [-0.2, -0.15) is 0 Å². The molecular formula is C15H21N5. The van der Waals surface area contributed by atoms with Gasteiger partial charge in [0, 0.05) is 30.4 Å². The Labute approximate surface area is 119 Å². The van der Waals surface area contributed by atoms with Gasteiger partial charge in [0.2, 0.25) is 0 Å². The van der Waals surface area contributed by atoms with Crippen molar-refractivity contribution in [2.75, 3.05) is 19.3 Å². The second-order valence-corrected chi connectivity index (χ2v) is 5.66. The molecule has 0 aliphatic carbocycles. The fraction of sp³-hybridized carbons (Fsp3) is 0.467. The van der Waals surface area contributed by atoms with Crippen LogP contribution in [0.2, 0.25) is 0 Å². The van der Waals surface area contributed by atoms with E-state index in [9.17, 15) is 0 Å². The van der Waals surface area contributed by atoms with E-state index in [0.717, 1.165) is 30.6 Å². The first kappa shape index (κ1) is 13.1. The number of nitrogens with zero attached hydrogens (tertiary/aromatic N) is 4. The maximum absolute atomic E-state index is 5.79. The summed E-state index contributed by atoms with van der Waals surface area (Å²) in [5.74, 6) is 0.548. The Balaban J connectivity index is 1.91. The van der Waals surface area contributed by atoms with Crippen molar-refractivity contribution >= 4 is 5.82 Å². The molecule has 5 nitrogen and oxygen atoms in total. The summed E-state index contributed by atoms with van der Waals surface area (Å²) in [6.07, 6.45) is 7.91. The normalized spacial score (nSPS) is 23.9. The number of nitrogens with two attached hydrogens (primary N) is 1. The Hall–Kier alpha value is -1.88. The van der Waals surface area contributed by atoms with E-state index in [1.165, 1.54) is 0 Å². The minimum Gasteiger partial charge on any atom is -0.384 e. The number of rotatable bonds is 2. The van der Waals surface area contributed by atoms with Crippen LogP contribution in [0.1, 0.15) is 25.8 Å². The molecular weight excluding hydrogens is 250 g/mol. The van der Waals surface area contributed by atoms with Crippen molar-refractivity contribution in [3.8, 4) is 11.3 Å². The van der Waals surface area contributed by atoms with Crippen LogP contribution in [0.3, 0.4) is 0 Å². The molecule has 20 heavy (non-hydrogen) atoms. The van der Waals surface area contributed by atoms with Crippen molar-refractivity contribution in [2.45, 2.75) is 31.8 Å². The standard InChI is InChI=1S/C15H21N5/c1-11-7-13(4-6-19(11)2)20-10-17-9-14(20)12-3-5-18-15(16)8-12/h3,5,8-11,13H,4,6-7H2,1-2H3,(H2,16,18). The summed E-state index contributed by atoms with van der Waals surface area (Å²) in [5, 5.41) is 0. The smallest absolute Gasteiger partial charge is 0.123 e. The molecule has 0 radical (unpaired) electrons. The fourth-order valence-corrected chi connectivity index (χ4v) is 2.94. The highest BCUT2D eigenvalue weighted by molar-refractivity contribution is 5.61. The van der Waals surface area contributed by atoms with Crippen molar-refractivity contribution < 1.29 is 0 Å². The molecule has 2 atom stereocenters. The molecule has 2 aromatic heterocycles. The Morgan fingerprint density at radius 1 is 1.40 bits per heavy atom. The molecule has 1 aliphatic rings. The van der Waals surface area contributed by atoms with Crippen LogP contribution < -0.4 is 5.73 Å². The molecule has 1 fully saturated rings. The van der Waals surface area contributed by atoms with Gasteiger partial charge in [0.15, 0.2) is 0 Å². The number of piperidine rings is 1. The third-order valence-electron chi connectivity index (χ3n) is 4.32. The third-order valence-corrected chi connectivity index (χ3v) is 4.32. The van der Waals surface area contributed by atoms with Gasteiger partial charge in [0.05, 0.1) is 18.2 Å². The van der Waals surface area contributed by atoms with E-state index in [1.807, 2.05) is 24.7 Å². The van der Waals surface area contributed by atoms with Crippen LogP contribution in [0.25, 0.3) is 11.3 Å². The maximum Gasteiger partial charge on any atom is 0.123 e. The number of hydrogen-bond donors (Lipinski definition) is 1. The van der Waals surface area contributed by atoms with Crippen molar-refractivity contribution in [1.29, 1.82) is 0 Å². The van der Waals surface area contributed by atoms with Crippen LogP contribution in [-0.2, 0) is 0 Å². The highest BCUT2D eigenvalue weighted by Crippen LogP contribution is 2.31. The number of imidazole rings is 1. The van der Waals surface area contributed by atoms with E-state index in [2.05, 4.69) is 33.4 Å². The SMILES string of the molecule is CC1CC(n2cncc2-c2ccnc(N)c2)CCN1C. The molecule has 2 unspecified atom stereocenters. The molecule has 0 spiro atoms. The van der Waals surface area contributed by atoms with Gasteiger partial charge in [0.1, 0.15) is 5.82 Å². The van der Waals surface area contributed by atoms with Crippen molar-refractivity contribution in [3.05, 3.63) is 30.9 Å². The molecule has 3 heterocycles. The number of anilines is 1. The molecule has 106 valence electrons. The Morgan fingerprint density at radius 3 is 3.00 bits per heavy atom. The second-order valence-electron chi connectivity index (χ2n) is 5.66. The van der Waals surface area contributed by atoms with Crippen molar-refractivity contribution in [3.63, 3.8) is 0 Å². The van der Waals surface area contributed by atoms with E-state index < -0.39 is 0 Å². The van der Waals surface area contributed by atoms with Gasteiger partial charge in [-0.15, -0.1) is 0 Å². The zero-order valence-electron chi connectivity index (χ0n) is 12.0. The van der Waals surface area contributed by atoms with E-state index in [0.29, 0.717) is 17.9 Å². The number of likely N-dealkylation sites (tertiary alicyclic amines) is 1. The lowest BCUT2D eigenvalue weighted by Gasteiger charge is -2.36. The van der Waals surface area contributed by atoms with Gasteiger partial charge in [-0.1, -0.05) is 0 Å². The Morgan fingerprint density at radius 2 is 2.25 bits per heavy atom. The molecule has 3 rings (SSSR count). The first-order chi connectivity index (χ1) is 9.65. The lowest BCUT2D eigenvalue weighted by atomic mass is 9.98. The molecule has 0 bridgehead atoms. The van der Waals surface area contributed by atoms with Crippen LogP contribution >= 0.6 is 0 Å². The van der Waals surface area contributed by atoms with E-state index in [-0.39, 0.29) is 0 Å². The first-order valence-corrected chi connectivity index (χ1v) is 7.09. The molecule has 2 N–H and O–H groups in total. The number of hydrogen-bond acceptors (Lipinski definition) is 4. The fourth-order valence-electron chi connectivity index (χ4n) is 2.94. The summed E-state index contributed by atoms with van der Waals surface area (Å²) in [5.41, 5.74) is 8.00. The summed E-state index contributed by atoms with van der Waals surface area (Å²) >= 11 is 0. The van der Waals surface area contributed by atoms with E-state index in [4.69, 9.17) is 5.73 Å². The predicted octanol–water partition coefficient (Wildman–Crippen LogP) is 2.18. The molecule has 0 saturated carbocycles. The largest absolute Gasteiger partial charge is 0.384 e. The zero-order chi connectivity index (χ0) is 14.1. The van der Waals surface area contributed by atoms with E-state index in [1.54, 1.807) is 6.20 Å². The summed E-state index contributed by atoms with van der Waals surface area (Å²) in [7, 11) is 2.19. The Kier molecular flexibility index (Phi) is 3.44. The maximum atomic E-state index is 5.79. The minimum absolute atomic E-state index is 0.507. The quantitative estimate of drug-likeness (QED) is 0.909. The van der Waals surface area contributed by atoms with Crippen molar-refractivity contribution in [1.82, 2.24) is 19.4 Å². The summed E-state index contributed by atoms with van der Waals surface area (Å²) < 4.78 is 2.29. The van der Waals surface area contributed by atoms with Gasteiger partial charge in [0.25, 0.3) is 0 Å². The third kappa shape index (κ3) is 2.41. The average molecular weight is 271 g/mol. The van der Waals surface area contributed by atoms with Gasteiger partial charge < -0.3 is 15.2 Å². The number of aromatic nitrogens is 3. The van der Waals surface area contributed by atoms with Gasteiger partial charge in [-0.05, 0) is 38.9 Å². The summed E-state index contributed by atoms with van der Waals surface area (Å²) in [6.45, 7) is 3.41. The molecule has 5 heteroatoms. The predicted molar refractivity (Wildman–Crippen MR) is 80.2 cm³/mol. The van der Waals surface area contributed by atoms with Crippen molar-refractivity contribution in [2.24, 2.45) is 0 Å². The monoisotopic (exact) mass is 271 g/mol. The second kappa shape index (κ2) is 5.25. The van der Waals surface area contributed by atoms with Gasteiger partial charge in [-0.3, -0.25) is 0 Å². The minimum atomic E-state index is 0.507. The van der Waals surface area contributed by atoms with Crippen LogP contribution in [0.4, 0.5) is 5.82 Å². The van der Waals surface area contributed by atoms with Gasteiger partial charge in [-0.25, -0.2) is 9.97 Å². The molecule has 0 amide bonds. The highest BCUT2D eigenvalue weighted by atomic mass is 15.2. The first-order valence-electron chi connectivity index (χ1n) is 7.09. The summed E-state index contributed by atoms with van der Waals surface area (Å²) in [6, 6.07) is 5.01. The van der Waals surface area contributed by atoms with E-state index >= 15 is 0 Å². The highest BCUT2D eigenvalue weighted by Gasteiger charge is 2.25.